The summed E-state index contributed by atoms with van der Waals surface area (Å²) in [5, 5.41) is 0. The van der Waals surface area contributed by atoms with E-state index in [4.69, 9.17) is 9.47 Å². The molecular formula is C45H48F10O4. The number of hydrogen-bond acceptors (Lipinski definition) is 4. The number of hydrogen-bond donors (Lipinski definition) is 0. The van der Waals surface area contributed by atoms with Crippen LogP contribution in [0.5, 0.6) is 23.0 Å². The second-order valence-corrected chi connectivity index (χ2v) is 15.2. The van der Waals surface area contributed by atoms with Gasteiger partial charge in [0.25, 0.3) is 0 Å². The summed E-state index contributed by atoms with van der Waals surface area (Å²) in [5.74, 6) is 0.795. The van der Waals surface area contributed by atoms with Gasteiger partial charge in [-0.1, -0.05) is 57.4 Å². The molecule has 2 fully saturated rings. The lowest BCUT2D eigenvalue weighted by Crippen LogP contribution is -2.22. The molecule has 6 rings (SSSR count). The van der Waals surface area contributed by atoms with E-state index in [0.717, 1.165) is 110 Å². The van der Waals surface area contributed by atoms with Gasteiger partial charge >= 0.3 is 24.9 Å². The first kappa shape index (κ1) is 45.5. The highest BCUT2D eigenvalue weighted by Gasteiger charge is 2.37. The van der Waals surface area contributed by atoms with Crippen LogP contribution in [0, 0.1) is 11.8 Å². The van der Waals surface area contributed by atoms with Gasteiger partial charge in [0, 0.05) is 0 Å². The van der Waals surface area contributed by atoms with E-state index < -0.39 is 36.4 Å². The number of rotatable bonds is 13. The Morgan fingerprint density at radius 3 is 1.00 bits per heavy atom. The van der Waals surface area contributed by atoms with Crippen molar-refractivity contribution in [1.82, 2.24) is 0 Å². The van der Waals surface area contributed by atoms with Crippen LogP contribution < -0.4 is 18.9 Å². The maximum atomic E-state index is 14.5. The summed E-state index contributed by atoms with van der Waals surface area (Å²) in [5.41, 5.74) is 1.49. The van der Waals surface area contributed by atoms with Crippen LogP contribution in [0.25, 0.3) is 0 Å². The predicted octanol–water partition coefficient (Wildman–Crippen LogP) is 15.2. The summed E-state index contributed by atoms with van der Waals surface area (Å²) >= 11 is 0. The Bertz CT molecular complexity index is 1840. The molecule has 4 aromatic rings. The van der Waals surface area contributed by atoms with Gasteiger partial charge in [0.1, 0.15) is 23.0 Å². The van der Waals surface area contributed by atoms with E-state index in [9.17, 15) is 43.9 Å². The van der Waals surface area contributed by atoms with Crippen molar-refractivity contribution in [3.05, 3.63) is 119 Å². The van der Waals surface area contributed by atoms with E-state index in [1.54, 1.807) is 24.3 Å². The zero-order chi connectivity index (χ0) is 42.8. The van der Waals surface area contributed by atoms with Gasteiger partial charge in [-0.25, -0.2) is 0 Å². The lowest BCUT2D eigenvalue weighted by atomic mass is 9.77. The molecule has 0 N–H and O–H groups in total. The van der Waals surface area contributed by atoms with Gasteiger partial charge < -0.3 is 18.9 Å². The molecule has 0 heterocycles. The highest BCUT2D eigenvalue weighted by Crippen LogP contribution is 2.41. The maximum Gasteiger partial charge on any atom is 0.573 e. The van der Waals surface area contributed by atoms with Crippen LogP contribution in [0.15, 0.2) is 97.1 Å². The molecule has 322 valence electrons. The third-order valence-corrected chi connectivity index (χ3v) is 11.0. The standard InChI is InChI=1S/C23H25F5O2.C22H23F5O2/c1-2-3-16-4-6-17(7-5-16)18-8-10-19(11-9-18)22(24,25)29-20-12-14-21(15-13-20)30-23(26,27)28;1-2-15-3-5-16(6-4-15)17-7-9-18(10-8-17)21(23,24)28-19-11-13-20(14-12-19)29-22(25,26)27/h8-17H,2-7H2,1H3;7-16H,2-6H2,1H3. The van der Waals surface area contributed by atoms with Crippen molar-refractivity contribution in [3.63, 3.8) is 0 Å². The third-order valence-electron chi connectivity index (χ3n) is 11.0. The molecule has 4 nitrogen and oxygen atoms in total. The molecule has 2 aliphatic rings. The van der Waals surface area contributed by atoms with Gasteiger partial charge in [-0.2, -0.15) is 17.6 Å². The summed E-state index contributed by atoms with van der Waals surface area (Å²) in [7, 11) is 0. The van der Waals surface area contributed by atoms with E-state index in [-0.39, 0.29) is 22.6 Å². The number of ether oxygens (including phenoxy) is 4. The fourth-order valence-corrected chi connectivity index (χ4v) is 7.83. The molecule has 0 saturated heterocycles. The summed E-state index contributed by atoms with van der Waals surface area (Å²) in [6.07, 6.45) is -4.33. The van der Waals surface area contributed by atoms with Gasteiger partial charge in [0.05, 0.1) is 11.1 Å². The van der Waals surface area contributed by atoms with Gasteiger partial charge in [-0.3, -0.25) is 0 Å². The summed E-state index contributed by atoms with van der Waals surface area (Å²) in [6.45, 7) is 4.39. The first-order chi connectivity index (χ1) is 27.8. The fraction of sp³-hybridized carbons (Fsp3) is 0.467. The summed E-state index contributed by atoms with van der Waals surface area (Å²) < 4.78 is 148. The Morgan fingerprint density at radius 1 is 0.407 bits per heavy atom. The quantitative estimate of drug-likeness (QED) is 0.126. The molecular weight excluding hydrogens is 794 g/mol. The van der Waals surface area contributed by atoms with Crippen molar-refractivity contribution in [1.29, 1.82) is 0 Å². The molecule has 0 unspecified atom stereocenters. The second-order valence-electron chi connectivity index (χ2n) is 15.2. The third kappa shape index (κ3) is 14.0. The molecule has 59 heavy (non-hydrogen) atoms. The van der Waals surface area contributed by atoms with Crippen LogP contribution in [0.4, 0.5) is 43.9 Å². The Labute approximate surface area is 337 Å². The van der Waals surface area contributed by atoms with Crippen LogP contribution in [0.2, 0.25) is 0 Å². The molecule has 0 radical (unpaired) electrons. The minimum atomic E-state index is -4.84. The second kappa shape index (κ2) is 19.6. The van der Waals surface area contributed by atoms with E-state index in [2.05, 4.69) is 23.3 Å². The molecule has 0 atom stereocenters. The van der Waals surface area contributed by atoms with Crippen molar-refractivity contribution in [2.45, 2.75) is 121 Å². The zero-order valence-corrected chi connectivity index (χ0v) is 32.7. The fourth-order valence-electron chi connectivity index (χ4n) is 7.83. The zero-order valence-electron chi connectivity index (χ0n) is 32.7. The highest BCUT2D eigenvalue weighted by atomic mass is 19.4. The first-order valence-corrected chi connectivity index (χ1v) is 19.9. The monoisotopic (exact) mass is 842 g/mol. The van der Waals surface area contributed by atoms with Crippen molar-refractivity contribution in [3.8, 4) is 23.0 Å². The minimum Gasteiger partial charge on any atom is -0.429 e. The van der Waals surface area contributed by atoms with Crippen LogP contribution in [0.1, 0.15) is 119 Å². The molecule has 0 spiro atoms. The van der Waals surface area contributed by atoms with Crippen molar-refractivity contribution in [2.24, 2.45) is 11.8 Å². The van der Waals surface area contributed by atoms with Gasteiger partial charge in [0.15, 0.2) is 0 Å². The van der Waals surface area contributed by atoms with Crippen LogP contribution in [-0.4, -0.2) is 12.7 Å². The van der Waals surface area contributed by atoms with E-state index >= 15 is 0 Å². The predicted molar refractivity (Wildman–Crippen MR) is 203 cm³/mol. The molecule has 4 aromatic carbocycles. The Kier molecular flexibility index (Phi) is 15.1. The smallest absolute Gasteiger partial charge is 0.429 e. The largest absolute Gasteiger partial charge is 0.573 e. The number of halogens is 10. The molecule has 0 amide bonds. The van der Waals surface area contributed by atoms with Gasteiger partial charge in [-0.05, 0) is 159 Å². The van der Waals surface area contributed by atoms with Crippen LogP contribution in [0.3, 0.4) is 0 Å². The number of benzene rings is 4. The number of alkyl halides is 10. The maximum absolute atomic E-state index is 14.5. The average Bonchev–Trinajstić information content (AvgIpc) is 3.19. The van der Waals surface area contributed by atoms with Crippen molar-refractivity contribution >= 4 is 0 Å². The molecule has 0 aliphatic heterocycles. The van der Waals surface area contributed by atoms with Crippen molar-refractivity contribution < 1.29 is 62.9 Å². The SMILES string of the molecule is CCC1CCC(c2ccc(C(F)(F)Oc3ccc(OC(F)(F)F)cc3)cc2)CC1.CCCC1CCC(c2ccc(C(F)(F)Oc3ccc(OC(F)(F)F)cc3)cc2)CC1. The molecule has 14 heteroatoms. The normalized spacial score (nSPS) is 20.2. The molecule has 2 saturated carbocycles. The minimum absolute atomic E-state index is 0.257. The average molecular weight is 843 g/mol. The summed E-state index contributed by atoms with van der Waals surface area (Å²) in [4.78, 5) is 0. The molecule has 0 bridgehead atoms. The first-order valence-electron chi connectivity index (χ1n) is 19.9. The molecule has 2 aliphatic carbocycles. The van der Waals surface area contributed by atoms with Crippen LogP contribution >= 0.6 is 0 Å². The summed E-state index contributed by atoms with van der Waals surface area (Å²) in [6, 6.07) is 20.0. The molecule has 0 aromatic heterocycles. The lowest BCUT2D eigenvalue weighted by Gasteiger charge is -2.29. The van der Waals surface area contributed by atoms with Gasteiger partial charge in [0.2, 0.25) is 0 Å². The van der Waals surface area contributed by atoms with E-state index in [1.807, 2.05) is 0 Å². The lowest BCUT2D eigenvalue weighted by molar-refractivity contribution is -0.275. The Morgan fingerprint density at radius 2 is 0.712 bits per heavy atom. The van der Waals surface area contributed by atoms with Crippen LogP contribution in [-0.2, 0) is 12.2 Å². The highest BCUT2D eigenvalue weighted by molar-refractivity contribution is 5.35. The van der Waals surface area contributed by atoms with E-state index in [1.165, 1.54) is 56.4 Å². The van der Waals surface area contributed by atoms with Gasteiger partial charge in [-0.15, -0.1) is 26.3 Å². The van der Waals surface area contributed by atoms with E-state index in [0.29, 0.717) is 11.8 Å². The Hall–Kier alpha value is -4.62. The topological polar surface area (TPSA) is 36.9 Å². The Balaban J connectivity index is 0.000000224. The van der Waals surface area contributed by atoms with Crippen molar-refractivity contribution in [2.75, 3.05) is 0 Å².